The highest BCUT2D eigenvalue weighted by molar-refractivity contribution is 5.80. The maximum Gasteiger partial charge on any atom is 0.259 e. The van der Waals surface area contributed by atoms with Gasteiger partial charge in [-0.1, -0.05) is 0 Å². The van der Waals surface area contributed by atoms with Crippen molar-refractivity contribution >= 4 is 5.69 Å². The van der Waals surface area contributed by atoms with Crippen LogP contribution in [0.1, 0.15) is 28.5 Å². The van der Waals surface area contributed by atoms with Gasteiger partial charge in [0, 0.05) is 38.0 Å². The van der Waals surface area contributed by atoms with E-state index >= 15 is 0 Å². The van der Waals surface area contributed by atoms with Crippen LogP contribution in [-0.4, -0.2) is 27.0 Å². The highest BCUT2D eigenvalue weighted by Gasteiger charge is 2.26. The predicted octanol–water partition coefficient (Wildman–Crippen LogP) is 2.21. The van der Waals surface area contributed by atoms with E-state index in [9.17, 15) is 9.18 Å². The van der Waals surface area contributed by atoms with Crippen molar-refractivity contribution in [1.29, 1.82) is 0 Å². The van der Waals surface area contributed by atoms with Gasteiger partial charge in [0.15, 0.2) is 0 Å². The van der Waals surface area contributed by atoms with Gasteiger partial charge in [-0.05, 0) is 35.7 Å². The van der Waals surface area contributed by atoms with Gasteiger partial charge in [-0.2, -0.15) is 0 Å². The third-order valence-corrected chi connectivity index (χ3v) is 4.35. The minimum Gasteiger partial charge on any atom is -0.388 e. The topological polar surface area (TPSA) is 83.6 Å². The van der Waals surface area contributed by atoms with Gasteiger partial charge in [-0.3, -0.25) is 4.79 Å². The molecular formula is C18H16FN5O. The molecule has 126 valence electrons. The van der Waals surface area contributed by atoms with Crippen LogP contribution in [0, 0.1) is 12.7 Å². The molecule has 1 aromatic carbocycles. The number of aromatic nitrogens is 4. The van der Waals surface area contributed by atoms with Crippen LogP contribution in [0.25, 0.3) is 11.1 Å². The van der Waals surface area contributed by atoms with Crippen LogP contribution in [0.4, 0.5) is 10.1 Å². The SMILES string of the molecule is CNc1cc(F)cc2c1Cc1nc(Cc3cnc(C)nc3)[nH]c(=O)c1-2. The number of hydrogen-bond acceptors (Lipinski definition) is 5. The molecule has 0 bridgehead atoms. The molecule has 0 spiro atoms. The van der Waals surface area contributed by atoms with Crippen LogP contribution in [0.3, 0.4) is 0 Å². The zero-order chi connectivity index (χ0) is 17.6. The number of aryl methyl sites for hydroxylation is 1. The first-order valence-corrected chi connectivity index (χ1v) is 7.95. The van der Waals surface area contributed by atoms with Crippen LogP contribution >= 0.6 is 0 Å². The summed E-state index contributed by atoms with van der Waals surface area (Å²) in [6.07, 6.45) is 4.38. The van der Waals surface area contributed by atoms with Crippen molar-refractivity contribution in [2.24, 2.45) is 0 Å². The fourth-order valence-corrected chi connectivity index (χ4v) is 3.21. The minimum absolute atomic E-state index is 0.251. The first-order chi connectivity index (χ1) is 12.0. The van der Waals surface area contributed by atoms with E-state index in [2.05, 4.69) is 25.3 Å². The Kier molecular flexibility index (Phi) is 3.56. The maximum absolute atomic E-state index is 13.8. The number of nitrogens with zero attached hydrogens (tertiary/aromatic N) is 3. The van der Waals surface area contributed by atoms with E-state index in [-0.39, 0.29) is 11.4 Å². The monoisotopic (exact) mass is 337 g/mol. The van der Waals surface area contributed by atoms with Gasteiger partial charge in [-0.15, -0.1) is 0 Å². The average Bonchev–Trinajstić information content (AvgIpc) is 2.95. The number of H-pyrrole nitrogens is 1. The van der Waals surface area contributed by atoms with E-state index in [1.54, 1.807) is 19.4 Å². The van der Waals surface area contributed by atoms with E-state index < -0.39 is 0 Å². The molecule has 0 radical (unpaired) electrons. The molecule has 0 saturated carbocycles. The Hall–Kier alpha value is -3.09. The highest BCUT2D eigenvalue weighted by atomic mass is 19.1. The average molecular weight is 337 g/mol. The van der Waals surface area contributed by atoms with Gasteiger partial charge >= 0.3 is 0 Å². The molecule has 7 heteroatoms. The zero-order valence-corrected chi connectivity index (χ0v) is 13.9. The first kappa shape index (κ1) is 15.4. The standard InChI is InChI=1S/C18H16FN5O/c1-9-21-7-10(8-22-9)3-16-23-15-6-12-13(17(15)18(25)24-16)4-11(19)5-14(12)20-2/h4-5,7-8,20H,3,6H2,1-2H3,(H,23,24,25). The van der Waals surface area contributed by atoms with Crippen LogP contribution in [0.15, 0.2) is 29.3 Å². The number of fused-ring (bicyclic) bond motifs is 3. The zero-order valence-electron chi connectivity index (χ0n) is 13.9. The molecule has 0 fully saturated rings. The minimum atomic E-state index is -0.378. The van der Waals surface area contributed by atoms with Crippen LogP contribution < -0.4 is 10.9 Å². The molecule has 6 nitrogen and oxygen atoms in total. The molecule has 1 aliphatic rings. The van der Waals surface area contributed by atoms with Crippen molar-refractivity contribution in [2.75, 3.05) is 12.4 Å². The lowest BCUT2D eigenvalue weighted by Crippen LogP contribution is -2.15. The van der Waals surface area contributed by atoms with E-state index in [0.717, 1.165) is 11.1 Å². The third kappa shape index (κ3) is 2.67. The second kappa shape index (κ2) is 5.77. The van der Waals surface area contributed by atoms with Crippen molar-refractivity contribution in [3.8, 4) is 11.1 Å². The molecule has 3 aromatic rings. The smallest absolute Gasteiger partial charge is 0.259 e. The second-order valence-corrected chi connectivity index (χ2v) is 6.06. The fourth-order valence-electron chi connectivity index (χ4n) is 3.21. The van der Waals surface area contributed by atoms with E-state index in [0.29, 0.717) is 47.0 Å². The molecule has 1 aliphatic carbocycles. The molecule has 0 amide bonds. The van der Waals surface area contributed by atoms with Crippen LogP contribution in [-0.2, 0) is 12.8 Å². The van der Waals surface area contributed by atoms with Crippen molar-refractivity contribution in [3.63, 3.8) is 0 Å². The Morgan fingerprint density at radius 2 is 2.04 bits per heavy atom. The molecular weight excluding hydrogens is 321 g/mol. The van der Waals surface area contributed by atoms with Gasteiger partial charge in [0.25, 0.3) is 5.56 Å². The summed E-state index contributed by atoms with van der Waals surface area (Å²) in [5.41, 5.74) is 3.93. The number of hydrogen-bond donors (Lipinski definition) is 2. The fraction of sp³-hybridized carbons (Fsp3) is 0.222. The van der Waals surface area contributed by atoms with Gasteiger partial charge in [0.2, 0.25) is 0 Å². The second-order valence-electron chi connectivity index (χ2n) is 6.06. The van der Waals surface area contributed by atoms with Crippen molar-refractivity contribution in [1.82, 2.24) is 19.9 Å². The molecule has 0 unspecified atom stereocenters. The summed E-state index contributed by atoms with van der Waals surface area (Å²) in [6.45, 7) is 1.81. The molecule has 2 heterocycles. The third-order valence-electron chi connectivity index (χ3n) is 4.35. The largest absolute Gasteiger partial charge is 0.388 e. The molecule has 2 aromatic heterocycles. The van der Waals surface area contributed by atoms with Crippen LogP contribution in [0.2, 0.25) is 0 Å². The summed E-state index contributed by atoms with van der Waals surface area (Å²) in [7, 11) is 1.73. The van der Waals surface area contributed by atoms with Crippen molar-refractivity contribution < 1.29 is 4.39 Å². The predicted molar refractivity (Wildman–Crippen MR) is 92.2 cm³/mol. The number of halogens is 1. The maximum atomic E-state index is 13.8. The van der Waals surface area contributed by atoms with Gasteiger partial charge in [-0.25, -0.2) is 19.3 Å². The first-order valence-electron chi connectivity index (χ1n) is 7.95. The summed E-state index contributed by atoms with van der Waals surface area (Å²) >= 11 is 0. The molecule has 2 N–H and O–H groups in total. The highest BCUT2D eigenvalue weighted by Crippen LogP contribution is 2.38. The Morgan fingerprint density at radius 1 is 1.28 bits per heavy atom. The number of aromatic amines is 1. The number of benzene rings is 1. The molecule has 0 aliphatic heterocycles. The lowest BCUT2D eigenvalue weighted by Gasteiger charge is -2.07. The summed E-state index contributed by atoms with van der Waals surface area (Å²) < 4.78 is 13.8. The Balaban J connectivity index is 1.76. The Morgan fingerprint density at radius 3 is 2.76 bits per heavy atom. The summed E-state index contributed by atoms with van der Waals surface area (Å²) in [4.78, 5) is 28.3. The van der Waals surface area contributed by atoms with Crippen molar-refractivity contribution in [2.45, 2.75) is 19.8 Å². The molecule has 25 heavy (non-hydrogen) atoms. The summed E-state index contributed by atoms with van der Waals surface area (Å²) in [5.74, 6) is 0.864. The number of nitrogens with one attached hydrogen (secondary N) is 2. The summed E-state index contributed by atoms with van der Waals surface area (Å²) in [6, 6.07) is 2.83. The Bertz CT molecular complexity index is 1030. The lowest BCUT2D eigenvalue weighted by atomic mass is 10.1. The Labute approximate surface area is 143 Å². The van der Waals surface area contributed by atoms with Gasteiger partial charge < -0.3 is 10.3 Å². The quantitative estimate of drug-likeness (QED) is 0.599. The number of rotatable bonds is 3. The van der Waals surface area contributed by atoms with E-state index in [1.165, 1.54) is 12.1 Å². The molecule has 0 saturated heterocycles. The van der Waals surface area contributed by atoms with Crippen LogP contribution in [0.5, 0.6) is 0 Å². The summed E-state index contributed by atoms with van der Waals surface area (Å²) in [5, 5.41) is 2.99. The van der Waals surface area contributed by atoms with Gasteiger partial charge in [0.05, 0.1) is 11.3 Å². The number of anilines is 1. The van der Waals surface area contributed by atoms with E-state index in [1.807, 2.05) is 6.92 Å². The van der Waals surface area contributed by atoms with Crippen molar-refractivity contribution in [3.05, 3.63) is 69.2 Å². The normalized spacial score (nSPS) is 12.0. The molecule has 0 atom stereocenters. The molecule has 4 rings (SSSR count). The lowest BCUT2D eigenvalue weighted by molar-refractivity contribution is 0.628. The van der Waals surface area contributed by atoms with Gasteiger partial charge in [0.1, 0.15) is 17.5 Å². The van der Waals surface area contributed by atoms with E-state index in [4.69, 9.17) is 0 Å².